The van der Waals surface area contributed by atoms with Gasteiger partial charge in [0, 0.05) is 42.3 Å². The van der Waals surface area contributed by atoms with E-state index < -0.39 is 6.09 Å². The molecule has 168 valence electrons. The summed E-state index contributed by atoms with van der Waals surface area (Å²) in [5.74, 6) is -0.176. The molecular formula is C23H28N6O3. The third-order valence-electron chi connectivity index (χ3n) is 5.72. The fourth-order valence-corrected chi connectivity index (χ4v) is 4.19. The van der Waals surface area contributed by atoms with E-state index in [1.807, 2.05) is 38.2 Å². The Morgan fingerprint density at radius 2 is 1.72 bits per heavy atom. The fourth-order valence-electron chi connectivity index (χ4n) is 4.19. The number of rotatable bonds is 6. The van der Waals surface area contributed by atoms with E-state index >= 15 is 0 Å². The zero-order chi connectivity index (χ0) is 22.7. The van der Waals surface area contributed by atoms with Gasteiger partial charge in [-0.2, -0.15) is 5.10 Å². The zero-order valence-electron chi connectivity index (χ0n) is 18.2. The van der Waals surface area contributed by atoms with Gasteiger partial charge in [-0.05, 0) is 63.3 Å². The molecule has 3 aromatic rings. The van der Waals surface area contributed by atoms with E-state index in [0.717, 1.165) is 35.2 Å². The first-order chi connectivity index (χ1) is 15.4. The molecule has 2 amide bonds. The number of carbonyl (C=O) groups excluding carboxylic acids is 1. The lowest BCUT2D eigenvalue weighted by Crippen LogP contribution is -2.43. The van der Waals surface area contributed by atoms with Gasteiger partial charge in [0.05, 0.1) is 23.0 Å². The monoisotopic (exact) mass is 436 g/mol. The molecule has 1 fully saturated rings. The Hall–Kier alpha value is -3.62. The minimum atomic E-state index is -1.00. The number of hydrogen-bond donors (Lipinski definition) is 4. The van der Waals surface area contributed by atoms with Crippen molar-refractivity contribution in [1.29, 1.82) is 0 Å². The number of nitrogens with one attached hydrogen (secondary N) is 3. The lowest BCUT2D eigenvalue weighted by atomic mass is 9.91. The molecule has 0 atom stereocenters. The second-order valence-corrected chi connectivity index (χ2v) is 8.50. The molecule has 3 heterocycles. The number of carbonyl (C=O) groups is 2. The van der Waals surface area contributed by atoms with Crippen LogP contribution in [0.2, 0.25) is 0 Å². The van der Waals surface area contributed by atoms with Crippen molar-refractivity contribution < 1.29 is 14.7 Å². The maximum Gasteiger partial charge on any atom is 0.404 e. The van der Waals surface area contributed by atoms with E-state index in [1.165, 1.54) is 0 Å². The third-order valence-corrected chi connectivity index (χ3v) is 5.72. The van der Waals surface area contributed by atoms with Crippen molar-refractivity contribution >= 4 is 23.2 Å². The first kappa shape index (κ1) is 21.6. The average Bonchev–Trinajstić information content (AvgIpc) is 3.20. The normalized spacial score (nSPS) is 18.5. The lowest BCUT2D eigenvalue weighted by molar-refractivity contribution is 0.0923. The molecule has 1 saturated carbocycles. The Morgan fingerprint density at radius 1 is 1.06 bits per heavy atom. The van der Waals surface area contributed by atoms with Crippen LogP contribution in [-0.2, 0) is 0 Å². The van der Waals surface area contributed by atoms with E-state index in [2.05, 4.69) is 26.0 Å². The molecule has 0 radical (unpaired) electrons. The van der Waals surface area contributed by atoms with Gasteiger partial charge in [-0.3, -0.25) is 9.78 Å². The summed E-state index contributed by atoms with van der Waals surface area (Å²) in [5.41, 5.74) is 4.09. The van der Waals surface area contributed by atoms with Crippen molar-refractivity contribution in [1.82, 2.24) is 25.2 Å². The molecule has 0 bridgehead atoms. The number of pyridine rings is 1. The van der Waals surface area contributed by atoms with Gasteiger partial charge >= 0.3 is 6.09 Å². The minimum Gasteiger partial charge on any atom is -0.465 e. The molecular weight excluding hydrogens is 408 g/mol. The van der Waals surface area contributed by atoms with Crippen molar-refractivity contribution in [3.8, 4) is 11.1 Å². The molecule has 1 aliphatic carbocycles. The predicted molar refractivity (Wildman–Crippen MR) is 122 cm³/mol. The maximum absolute atomic E-state index is 13.2. The molecule has 9 heteroatoms. The van der Waals surface area contributed by atoms with Gasteiger partial charge in [0.25, 0.3) is 5.91 Å². The minimum absolute atomic E-state index is 0.0108. The topological polar surface area (TPSA) is 121 Å². The summed E-state index contributed by atoms with van der Waals surface area (Å²) in [6.07, 6.45) is 8.91. The average molecular weight is 437 g/mol. The van der Waals surface area contributed by atoms with Crippen LogP contribution < -0.4 is 16.0 Å². The highest BCUT2D eigenvalue weighted by molar-refractivity contribution is 6.03. The van der Waals surface area contributed by atoms with Crippen LogP contribution in [0.5, 0.6) is 0 Å². The first-order valence-electron chi connectivity index (χ1n) is 10.9. The van der Waals surface area contributed by atoms with E-state index in [1.54, 1.807) is 23.1 Å². The van der Waals surface area contributed by atoms with Crippen LogP contribution in [0.1, 0.15) is 49.9 Å². The smallest absolute Gasteiger partial charge is 0.404 e. The molecule has 4 rings (SSSR count). The summed E-state index contributed by atoms with van der Waals surface area (Å²) in [6, 6.07) is 5.98. The van der Waals surface area contributed by atoms with Gasteiger partial charge in [0.2, 0.25) is 0 Å². The van der Waals surface area contributed by atoms with Crippen LogP contribution in [0.4, 0.5) is 10.5 Å². The van der Waals surface area contributed by atoms with Crippen molar-refractivity contribution in [3.05, 3.63) is 48.5 Å². The van der Waals surface area contributed by atoms with E-state index in [9.17, 15) is 9.59 Å². The van der Waals surface area contributed by atoms with Crippen molar-refractivity contribution in [3.63, 3.8) is 0 Å². The summed E-state index contributed by atoms with van der Waals surface area (Å²) in [7, 11) is 0. The molecule has 0 aliphatic heterocycles. The molecule has 4 N–H and O–H groups in total. The highest BCUT2D eigenvalue weighted by atomic mass is 16.4. The number of aromatic nitrogens is 3. The molecule has 3 aromatic heterocycles. The predicted octanol–water partition coefficient (Wildman–Crippen LogP) is 3.53. The maximum atomic E-state index is 13.2. The standard InChI is InChI=1S/C23H28N6O3/c1-14(2)26-21-19(22(30)27-17-3-5-18(6-4-17)28-23(31)32)12-25-29-13-16(11-20(21)29)15-7-9-24-10-8-15/h7-14,17-18,26,28H,3-6H2,1-2H3,(H,27,30)(H,31,32)/t17-,18-. The van der Waals surface area contributed by atoms with Crippen LogP contribution in [0.15, 0.2) is 43.0 Å². The molecule has 32 heavy (non-hydrogen) atoms. The number of hydrogen-bond acceptors (Lipinski definition) is 5. The van der Waals surface area contributed by atoms with Crippen LogP contribution in [-0.4, -0.2) is 49.8 Å². The van der Waals surface area contributed by atoms with Crippen LogP contribution in [0.25, 0.3) is 16.6 Å². The first-order valence-corrected chi connectivity index (χ1v) is 10.9. The number of carboxylic acid groups (broad SMARTS) is 1. The second kappa shape index (κ2) is 9.25. The van der Waals surface area contributed by atoms with Crippen molar-refractivity contribution in [2.75, 3.05) is 5.32 Å². The van der Waals surface area contributed by atoms with Gasteiger partial charge in [-0.1, -0.05) is 0 Å². The summed E-state index contributed by atoms with van der Waals surface area (Å²) in [6.45, 7) is 4.06. The second-order valence-electron chi connectivity index (χ2n) is 8.50. The van der Waals surface area contributed by atoms with Crippen LogP contribution >= 0.6 is 0 Å². The Kier molecular flexibility index (Phi) is 6.25. The molecule has 1 aliphatic rings. The molecule has 9 nitrogen and oxygen atoms in total. The quantitative estimate of drug-likeness (QED) is 0.469. The highest BCUT2D eigenvalue weighted by Gasteiger charge is 2.25. The Labute approximate surface area is 186 Å². The van der Waals surface area contributed by atoms with Gasteiger partial charge in [-0.25, -0.2) is 9.31 Å². The molecule has 0 spiro atoms. The molecule has 0 saturated heterocycles. The highest BCUT2D eigenvalue weighted by Crippen LogP contribution is 2.29. The van der Waals surface area contributed by atoms with Gasteiger partial charge in [0.1, 0.15) is 0 Å². The van der Waals surface area contributed by atoms with Crippen LogP contribution in [0.3, 0.4) is 0 Å². The SMILES string of the molecule is CC(C)Nc1c(C(=O)N[C@H]2CC[C@H](NC(=O)O)CC2)cnn2cc(-c3ccncc3)cc12. The fraction of sp³-hybridized carbons (Fsp3) is 0.391. The van der Waals surface area contributed by atoms with E-state index in [4.69, 9.17) is 5.11 Å². The Morgan fingerprint density at radius 3 is 2.34 bits per heavy atom. The van der Waals surface area contributed by atoms with Gasteiger partial charge in [-0.15, -0.1) is 0 Å². The number of fused-ring (bicyclic) bond motifs is 1. The summed E-state index contributed by atoms with van der Waals surface area (Å²) < 4.78 is 1.78. The molecule has 0 aromatic carbocycles. The number of amides is 2. The number of anilines is 1. The molecule has 0 unspecified atom stereocenters. The summed E-state index contributed by atoms with van der Waals surface area (Å²) in [4.78, 5) is 28.1. The van der Waals surface area contributed by atoms with Gasteiger partial charge < -0.3 is 21.1 Å². The van der Waals surface area contributed by atoms with Crippen LogP contribution in [0, 0.1) is 0 Å². The largest absolute Gasteiger partial charge is 0.465 e. The van der Waals surface area contributed by atoms with Gasteiger partial charge in [0.15, 0.2) is 0 Å². The lowest BCUT2D eigenvalue weighted by Gasteiger charge is -2.29. The Bertz CT molecular complexity index is 1100. The Balaban J connectivity index is 1.57. The van der Waals surface area contributed by atoms with Crippen molar-refractivity contribution in [2.45, 2.75) is 57.7 Å². The van der Waals surface area contributed by atoms with Crippen molar-refractivity contribution in [2.24, 2.45) is 0 Å². The summed E-state index contributed by atoms with van der Waals surface area (Å²) >= 11 is 0. The number of nitrogens with zero attached hydrogens (tertiary/aromatic N) is 3. The zero-order valence-corrected chi connectivity index (χ0v) is 18.2. The van der Waals surface area contributed by atoms with E-state index in [0.29, 0.717) is 18.4 Å². The van der Waals surface area contributed by atoms with E-state index in [-0.39, 0.29) is 24.0 Å². The third kappa shape index (κ3) is 4.82. The summed E-state index contributed by atoms with van der Waals surface area (Å²) in [5, 5.41) is 22.4.